The smallest absolute Gasteiger partial charge is 0.349 e. The summed E-state index contributed by atoms with van der Waals surface area (Å²) in [4.78, 5) is 6.94. The van der Waals surface area contributed by atoms with Crippen LogP contribution in [0.5, 0.6) is 0 Å². The average Bonchev–Trinajstić information content (AvgIpc) is 0.725. The van der Waals surface area contributed by atoms with Gasteiger partial charge in [0.2, 0.25) is 0 Å². The zero-order chi connectivity index (χ0) is 78.1. The van der Waals surface area contributed by atoms with Crippen molar-refractivity contribution in [3.05, 3.63) is 119 Å². The van der Waals surface area contributed by atoms with E-state index >= 15 is 0 Å². The second kappa shape index (κ2) is 31.5. The van der Waals surface area contributed by atoms with Crippen LogP contribution in [0.25, 0.3) is 0 Å². The van der Waals surface area contributed by atoms with Gasteiger partial charge in [-0.25, -0.2) is 0 Å². The SMILES string of the molecule is CC1(C)COP(CN(CP2(=O)OCC(C)(C)CO2)c2ccc(C(c3ccc(N(CP4(=O)OCC(C)(C)CO4)CP4(=O)OCC(C)(C)CO4)cc3)(c3ccc(N(CP4(=O)OCC(C)(C)CO4)CP4(=O)OCC(C)(C)CO4)cc3)c3ccc(N(CP4(=O)OCC(C)(C)CO4)CP4(=O)OCC(C)(C)CO4)cc3)cc2)OC1. The summed E-state index contributed by atoms with van der Waals surface area (Å²) in [5, 5.41) is 0. The molecule has 12 rings (SSSR count). The Morgan fingerprint density at radius 3 is 0.574 bits per heavy atom. The second-order valence-corrected chi connectivity index (χ2v) is 52.1. The van der Waals surface area contributed by atoms with Gasteiger partial charge in [0, 0.05) is 66.1 Å². The molecule has 4 aromatic rings. The van der Waals surface area contributed by atoms with Crippen molar-refractivity contribution in [1.29, 1.82) is 0 Å². The van der Waals surface area contributed by atoms with Crippen molar-refractivity contribution in [1.82, 2.24) is 0 Å². The quantitative estimate of drug-likeness (QED) is 0.0465. The molecular weight excluding hydrogens is 1550 g/mol. The summed E-state index contributed by atoms with van der Waals surface area (Å²) in [7, 11) is -28.6. The Morgan fingerprint density at radius 2 is 0.398 bits per heavy atom. The highest BCUT2D eigenvalue weighted by Gasteiger charge is 2.49. The molecule has 0 spiro atoms. The molecule has 27 nitrogen and oxygen atoms in total. The molecule has 0 aromatic heterocycles. The number of benzene rings is 4. The van der Waals surface area contributed by atoms with Crippen LogP contribution in [0, 0.1) is 43.3 Å². The summed E-state index contributed by atoms with van der Waals surface area (Å²) < 4.78 is 202. The molecule has 602 valence electrons. The van der Waals surface area contributed by atoms with Crippen molar-refractivity contribution in [2.75, 3.05) is 176 Å². The summed E-state index contributed by atoms with van der Waals surface area (Å²) >= 11 is 0. The maximum Gasteiger partial charge on any atom is 0.349 e. The predicted octanol–water partition coefficient (Wildman–Crippen LogP) is 19.2. The molecule has 8 saturated heterocycles. The topological polar surface area (TPSA) is 280 Å². The van der Waals surface area contributed by atoms with Gasteiger partial charge >= 0.3 is 53.2 Å². The summed E-state index contributed by atoms with van der Waals surface area (Å²) in [6.45, 7) is 34.8. The van der Waals surface area contributed by atoms with Crippen LogP contribution >= 0.6 is 61.5 Å². The zero-order valence-electron chi connectivity index (χ0n) is 65.5. The molecule has 4 aromatic carbocycles. The van der Waals surface area contributed by atoms with Gasteiger partial charge < -0.3 is 92.0 Å². The molecule has 0 unspecified atom stereocenters. The minimum atomic E-state index is -3.89. The lowest BCUT2D eigenvalue weighted by Gasteiger charge is -2.41. The molecule has 0 aliphatic carbocycles. The lowest BCUT2D eigenvalue weighted by atomic mass is 9.65. The van der Waals surface area contributed by atoms with Crippen LogP contribution in [0.15, 0.2) is 97.1 Å². The first kappa shape index (κ1) is 84.9. The van der Waals surface area contributed by atoms with E-state index in [0.29, 0.717) is 58.2 Å². The van der Waals surface area contributed by atoms with E-state index in [-0.39, 0.29) is 154 Å². The zero-order valence-corrected chi connectivity index (χ0v) is 72.6. The lowest BCUT2D eigenvalue weighted by Crippen LogP contribution is -2.37. The number of hydrogen-bond acceptors (Lipinski definition) is 27. The third-order valence-corrected chi connectivity index (χ3v) is 33.2. The van der Waals surface area contributed by atoms with Crippen LogP contribution in [-0.4, -0.2) is 156 Å². The van der Waals surface area contributed by atoms with Gasteiger partial charge in [0.05, 0.1) is 117 Å². The van der Waals surface area contributed by atoms with Crippen molar-refractivity contribution >= 4 is 84.3 Å². The van der Waals surface area contributed by atoms with E-state index in [4.69, 9.17) is 72.4 Å². The first-order valence-corrected chi connectivity index (χ1v) is 50.2. The predicted molar refractivity (Wildman–Crippen MR) is 419 cm³/mol. The fourth-order valence-corrected chi connectivity index (χ4v) is 29.2. The van der Waals surface area contributed by atoms with Gasteiger partial charge in [-0.05, 0) is 70.8 Å². The molecule has 0 N–H and O–H groups in total. The summed E-state index contributed by atoms with van der Waals surface area (Å²) in [5.41, 5.74) is 0.147. The maximum atomic E-state index is 14.8. The Kier molecular flexibility index (Phi) is 24.7. The van der Waals surface area contributed by atoms with Crippen molar-refractivity contribution in [2.24, 2.45) is 43.3 Å². The average molecular weight is 1660 g/mol. The monoisotopic (exact) mass is 1660 g/mol. The van der Waals surface area contributed by atoms with Crippen LogP contribution < -0.4 is 19.6 Å². The van der Waals surface area contributed by atoms with E-state index in [9.17, 15) is 32.0 Å². The third-order valence-electron chi connectivity index (χ3n) is 19.7. The standard InChI is InChI=1S/C73H112N4O23P8/c1-65(2)33-85-101(86-34-65)49-74(50-102(78)87-35-66(3,4)36-88-102)61-25-17-57(18-26-61)73(58-19-27-62(28-20-58)75(51-103(79)89-37-67(5,6)38-90-103)52-104(80)91-39-68(7,8)40-92-104,59-21-29-63(30-22-59)76(53-105(81)93-41-69(9,10)42-94-105)54-106(82)95-43-70(11,12)44-96-106)60-23-31-64(32-24-60)77(55-107(83)97-45-71(13,14)46-98-107)56-108(84)99-47-72(15,16)48-100-108/h17-32H,33-56H2,1-16H3. The molecular formula is C73H112N4O23P8. The molecule has 8 heterocycles. The lowest BCUT2D eigenvalue weighted by molar-refractivity contribution is 0.0392. The molecule has 0 radical (unpaired) electrons. The number of nitrogens with zero attached hydrogens (tertiary/aromatic N) is 4. The molecule has 0 amide bonds. The highest BCUT2D eigenvalue weighted by atomic mass is 31.2. The fourth-order valence-electron chi connectivity index (χ4n) is 12.7. The first-order chi connectivity index (χ1) is 50.1. The van der Waals surface area contributed by atoms with Gasteiger partial charge in [-0.15, -0.1) is 0 Å². The Morgan fingerprint density at radius 1 is 0.250 bits per heavy atom. The van der Waals surface area contributed by atoms with Crippen molar-refractivity contribution < 1.29 is 104 Å². The molecule has 8 aliphatic heterocycles. The normalized spacial score (nSPS) is 26.0. The molecule has 108 heavy (non-hydrogen) atoms. The molecule has 0 bridgehead atoms. The number of rotatable bonds is 24. The van der Waals surface area contributed by atoms with E-state index < -0.39 is 99.5 Å². The summed E-state index contributed by atoms with van der Waals surface area (Å²) in [5.74, 6) is 0. The van der Waals surface area contributed by atoms with Crippen molar-refractivity contribution in [2.45, 2.75) is 116 Å². The molecule has 0 saturated carbocycles. The van der Waals surface area contributed by atoms with Crippen LogP contribution in [0.4, 0.5) is 22.7 Å². The van der Waals surface area contributed by atoms with E-state index in [1.807, 2.05) is 199 Å². The van der Waals surface area contributed by atoms with Crippen molar-refractivity contribution in [3.8, 4) is 0 Å². The molecule has 0 atom stereocenters. The second-order valence-electron chi connectivity index (χ2n) is 36.5. The van der Waals surface area contributed by atoms with Gasteiger partial charge in [-0.1, -0.05) is 159 Å². The van der Waals surface area contributed by atoms with Crippen molar-refractivity contribution in [3.63, 3.8) is 0 Å². The largest absolute Gasteiger partial charge is 0.351 e. The molecule has 8 aliphatic rings. The fraction of sp³-hybridized carbons (Fsp3) is 0.671. The molecule has 35 heteroatoms. The van der Waals surface area contributed by atoms with Crippen LogP contribution in [0.1, 0.15) is 133 Å². The molecule has 8 fully saturated rings. The van der Waals surface area contributed by atoms with Crippen LogP contribution in [-0.2, 0) is 110 Å². The van der Waals surface area contributed by atoms with Crippen LogP contribution in [0.3, 0.4) is 0 Å². The Labute approximate surface area is 639 Å². The van der Waals surface area contributed by atoms with Crippen LogP contribution in [0.2, 0.25) is 0 Å². The third kappa shape index (κ3) is 21.2. The van der Waals surface area contributed by atoms with Gasteiger partial charge in [0.15, 0.2) is 8.38 Å². The highest BCUT2D eigenvalue weighted by molar-refractivity contribution is 7.56. The minimum absolute atomic E-state index is 0.124. The van der Waals surface area contributed by atoms with Gasteiger partial charge in [-0.3, -0.25) is 32.0 Å². The van der Waals surface area contributed by atoms with E-state index in [1.165, 1.54) is 0 Å². The van der Waals surface area contributed by atoms with E-state index in [0.717, 1.165) is 0 Å². The van der Waals surface area contributed by atoms with Gasteiger partial charge in [0.1, 0.15) is 44.0 Å². The minimum Gasteiger partial charge on any atom is -0.351 e. The first-order valence-electron chi connectivity index (χ1n) is 36.7. The Bertz CT molecular complexity index is 3650. The number of anilines is 4. The van der Waals surface area contributed by atoms with Gasteiger partial charge in [0.25, 0.3) is 0 Å². The summed E-state index contributed by atoms with van der Waals surface area (Å²) in [6, 6.07) is 30.6. The van der Waals surface area contributed by atoms with E-state index in [1.54, 1.807) is 14.7 Å². The number of hydrogen-bond donors (Lipinski definition) is 0. The Hall–Kier alpha value is -2.52. The summed E-state index contributed by atoms with van der Waals surface area (Å²) in [6.07, 6.45) is -1.73. The maximum absolute atomic E-state index is 14.8. The van der Waals surface area contributed by atoms with Gasteiger partial charge in [-0.2, -0.15) is 0 Å². The Balaban J connectivity index is 1.04. The highest BCUT2D eigenvalue weighted by Crippen LogP contribution is 2.64. The van der Waals surface area contributed by atoms with E-state index in [2.05, 4.69) is 13.8 Å².